The molecule has 1 aliphatic rings. The Hall–Kier alpha value is -2.40. The average Bonchev–Trinajstić information content (AvgIpc) is 3.11. The summed E-state index contributed by atoms with van der Waals surface area (Å²) in [5, 5.41) is 3.72. The van der Waals surface area contributed by atoms with E-state index in [1.54, 1.807) is 6.92 Å². The molecule has 0 unspecified atom stereocenters. The van der Waals surface area contributed by atoms with Gasteiger partial charge in [-0.2, -0.15) is 4.98 Å². The van der Waals surface area contributed by atoms with Crippen LogP contribution in [0.2, 0.25) is 10.0 Å². The Morgan fingerprint density at radius 1 is 1.10 bits per heavy atom. The molecule has 0 saturated carbocycles. The van der Waals surface area contributed by atoms with Gasteiger partial charge in [0.2, 0.25) is 0 Å². The Bertz CT molecular complexity index is 1300. The summed E-state index contributed by atoms with van der Waals surface area (Å²) in [5.41, 5.74) is -0.123. The Morgan fingerprint density at radius 3 is 2.40 bits per heavy atom. The second-order valence-electron chi connectivity index (χ2n) is 6.38. The minimum atomic E-state index is -3.95. The number of aliphatic imine (C=N–C) groups is 1. The van der Waals surface area contributed by atoms with Crippen molar-refractivity contribution in [3.63, 3.8) is 0 Å². The predicted molar refractivity (Wildman–Crippen MR) is 108 cm³/mol. The molecule has 1 atom stereocenters. The molecule has 156 valence electrons. The lowest BCUT2D eigenvalue weighted by molar-refractivity contribution is 0.578. The number of sulfonamides is 1. The molecule has 0 aliphatic carbocycles. The van der Waals surface area contributed by atoms with Gasteiger partial charge in [0.05, 0.1) is 27.0 Å². The fourth-order valence-corrected chi connectivity index (χ4v) is 4.12. The molecule has 4 rings (SSSR count). The zero-order valence-electron chi connectivity index (χ0n) is 15.5. The normalized spacial score (nSPS) is 15.9. The zero-order chi connectivity index (χ0) is 21.8. The quantitative estimate of drug-likeness (QED) is 0.630. The maximum Gasteiger partial charge on any atom is 0.282 e. The third-order valence-corrected chi connectivity index (χ3v) is 6.55. The molecule has 30 heavy (non-hydrogen) atoms. The maximum atomic E-state index is 14.6. The van der Waals surface area contributed by atoms with E-state index < -0.39 is 32.9 Å². The van der Waals surface area contributed by atoms with Gasteiger partial charge in [0.25, 0.3) is 15.2 Å². The van der Waals surface area contributed by atoms with Crippen LogP contribution in [0.4, 0.5) is 8.78 Å². The van der Waals surface area contributed by atoms with Crippen molar-refractivity contribution in [3.8, 4) is 5.69 Å². The van der Waals surface area contributed by atoms with E-state index in [0.717, 1.165) is 12.1 Å². The first-order chi connectivity index (χ1) is 14.2. The van der Waals surface area contributed by atoms with Crippen molar-refractivity contribution in [2.45, 2.75) is 18.1 Å². The number of nitrogens with one attached hydrogen (secondary N) is 1. The second-order valence-corrected chi connectivity index (χ2v) is 8.94. The van der Waals surface area contributed by atoms with Gasteiger partial charge in [-0.15, -0.1) is 5.10 Å². The number of rotatable bonds is 3. The zero-order valence-corrected chi connectivity index (χ0v) is 17.8. The number of halogens is 4. The monoisotopic (exact) mass is 471 g/mol. The molecule has 1 N–H and O–H groups in total. The minimum Gasteiger partial charge on any atom is -0.273 e. The first-order valence-corrected chi connectivity index (χ1v) is 10.8. The van der Waals surface area contributed by atoms with E-state index in [1.807, 2.05) is 0 Å². The summed E-state index contributed by atoms with van der Waals surface area (Å²) in [7, 11) is -2.72. The Balaban J connectivity index is 2.09. The molecular weight excluding hydrogens is 459 g/mol. The molecule has 1 aromatic heterocycles. The van der Waals surface area contributed by atoms with Crippen molar-refractivity contribution >= 4 is 38.9 Å². The van der Waals surface area contributed by atoms with Gasteiger partial charge in [0.1, 0.15) is 17.7 Å². The van der Waals surface area contributed by atoms with Gasteiger partial charge >= 0.3 is 0 Å². The fraction of sp³-hybridized carbons (Fsp3) is 0.167. The molecule has 1 aliphatic heterocycles. The standard InChI is InChI=1S/C18H13Cl2F2N5O2S/c1-8-17-25-18(30(28,29)23-2)26-27(17)12-7-6-9(19)15(20)14(12)16(24-8)13-10(21)4-3-5-11(13)22/h3-8,23H,1-2H3/t8-/m0/s1. The van der Waals surface area contributed by atoms with Crippen molar-refractivity contribution in [1.29, 1.82) is 0 Å². The Labute approximate surface area is 180 Å². The number of hydrogen-bond donors (Lipinski definition) is 1. The van der Waals surface area contributed by atoms with Crippen molar-refractivity contribution in [2.24, 2.45) is 4.99 Å². The summed E-state index contributed by atoms with van der Waals surface area (Å²) < 4.78 is 57.0. The lowest BCUT2D eigenvalue weighted by atomic mass is 9.99. The summed E-state index contributed by atoms with van der Waals surface area (Å²) in [6.07, 6.45) is 0. The lowest BCUT2D eigenvalue weighted by Crippen LogP contribution is -2.20. The van der Waals surface area contributed by atoms with Crippen LogP contribution < -0.4 is 4.72 Å². The van der Waals surface area contributed by atoms with E-state index in [-0.39, 0.29) is 38.4 Å². The van der Waals surface area contributed by atoms with Crippen LogP contribution in [0, 0.1) is 11.6 Å². The number of aromatic nitrogens is 3. The van der Waals surface area contributed by atoms with E-state index in [0.29, 0.717) is 0 Å². The number of benzene rings is 2. The summed E-state index contributed by atoms with van der Waals surface area (Å²) in [4.78, 5) is 8.52. The van der Waals surface area contributed by atoms with Gasteiger partial charge in [0, 0.05) is 5.56 Å². The topological polar surface area (TPSA) is 89.2 Å². The third kappa shape index (κ3) is 3.20. The van der Waals surface area contributed by atoms with Gasteiger partial charge in [-0.1, -0.05) is 29.3 Å². The third-order valence-electron chi connectivity index (χ3n) is 4.56. The highest BCUT2D eigenvalue weighted by Gasteiger charge is 2.32. The van der Waals surface area contributed by atoms with Gasteiger partial charge in [-0.05, 0) is 38.2 Å². The van der Waals surface area contributed by atoms with Gasteiger partial charge in [0.15, 0.2) is 5.82 Å². The van der Waals surface area contributed by atoms with Crippen molar-refractivity contribution in [1.82, 2.24) is 19.5 Å². The van der Waals surface area contributed by atoms with Crippen LogP contribution in [0.15, 0.2) is 40.5 Å². The van der Waals surface area contributed by atoms with Crippen molar-refractivity contribution in [3.05, 3.63) is 69.0 Å². The molecule has 3 aromatic rings. The molecule has 7 nitrogen and oxygen atoms in total. The molecule has 0 spiro atoms. The highest BCUT2D eigenvalue weighted by atomic mass is 35.5. The van der Waals surface area contributed by atoms with Gasteiger partial charge in [-0.25, -0.2) is 26.6 Å². The first kappa shape index (κ1) is 20.9. The van der Waals surface area contributed by atoms with E-state index >= 15 is 0 Å². The Morgan fingerprint density at radius 2 is 1.77 bits per heavy atom. The molecule has 2 aromatic carbocycles. The molecule has 0 bridgehead atoms. The van der Waals surface area contributed by atoms with Crippen molar-refractivity contribution in [2.75, 3.05) is 7.05 Å². The number of hydrogen-bond acceptors (Lipinski definition) is 5. The van der Waals surface area contributed by atoms with Crippen LogP contribution in [-0.4, -0.2) is 35.9 Å². The number of nitrogens with zero attached hydrogens (tertiary/aromatic N) is 4. The smallest absolute Gasteiger partial charge is 0.273 e. The van der Waals surface area contributed by atoms with E-state index in [1.165, 1.54) is 29.9 Å². The maximum absolute atomic E-state index is 14.6. The summed E-state index contributed by atoms with van der Waals surface area (Å²) in [6, 6.07) is 5.59. The van der Waals surface area contributed by atoms with Crippen LogP contribution in [-0.2, 0) is 10.0 Å². The Kier molecular flexibility index (Phi) is 5.13. The molecule has 0 radical (unpaired) electrons. The molecule has 0 saturated heterocycles. The predicted octanol–water partition coefficient (Wildman–Crippen LogP) is 3.67. The van der Waals surface area contributed by atoms with Gasteiger partial charge in [-0.3, -0.25) is 4.99 Å². The highest BCUT2D eigenvalue weighted by molar-refractivity contribution is 7.89. The molecular formula is C18H13Cl2F2N5O2S. The van der Waals surface area contributed by atoms with Crippen LogP contribution in [0.1, 0.15) is 29.9 Å². The summed E-state index contributed by atoms with van der Waals surface area (Å²) >= 11 is 12.6. The molecule has 12 heteroatoms. The first-order valence-electron chi connectivity index (χ1n) is 8.57. The van der Waals surface area contributed by atoms with Gasteiger partial charge < -0.3 is 0 Å². The highest BCUT2D eigenvalue weighted by Crippen LogP contribution is 2.38. The minimum absolute atomic E-state index is 0.0101. The van der Waals surface area contributed by atoms with Crippen molar-refractivity contribution < 1.29 is 17.2 Å². The molecule has 2 heterocycles. The average molecular weight is 472 g/mol. The molecule has 0 fully saturated rings. The van der Waals surface area contributed by atoms with Crippen LogP contribution in [0.5, 0.6) is 0 Å². The fourth-order valence-electron chi connectivity index (χ4n) is 3.13. The SMILES string of the molecule is CNS(=O)(=O)c1nc2n(n1)-c1ccc(Cl)c(Cl)c1C(c1c(F)cccc1F)=N[C@H]2C. The summed E-state index contributed by atoms with van der Waals surface area (Å²) in [6.45, 7) is 1.59. The van der Waals surface area contributed by atoms with Crippen LogP contribution in [0.3, 0.4) is 0 Å². The van der Waals surface area contributed by atoms with Crippen LogP contribution in [0.25, 0.3) is 5.69 Å². The largest absolute Gasteiger partial charge is 0.282 e. The summed E-state index contributed by atoms with van der Waals surface area (Å²) in [5.74, 6) is -1.53. The number of fused-ring (bicyclic) bond motifs is 3. The van der Waals surface area contributed by atoms with E-state index in [9.17, 15) is 17.2 Å². The van der Waals surface area contributed by atoms with Crippen LogP contribution >= 0.6 is 23.2 Å². The van der Waals surface area contributed by atoms with E-state index in [2.05, 4.69) is 19.8 Å². The second kappa shape index (κ2) is 7.38. The lowest BCUT2D eigenvalue weighted by Gasteiger charge is -2.14. The molecule has 0 amide bonds. The van der Waals surface area contributed by atoms with E-state index in [4.69, 9.17) is 23.2 Å².